The van der Waals surface area contributed by atoms with Crippen LogP contribution in [0.3, 0.4) is 0 Å². The number of likely N-dealkylation sites (tertiary alicyclic amines) is 1. The molecule has 0 unspecified atom stereocenters. The van der Waals surface area contributed by atoms with Crippen molar-refractivity contribution in [2.45, 2.75) is 39.2 Å². The van der Waals surface area contributed by atoms with Crippen LogP contribution in [0.4, 0.5) is 4.79 Å². The summed E-state index contributed by atoms with van der Waals surface area (Å²) in [6, 6.07) is 0. The molecule has 0 saturated carbocycles. The molecule has 14 heavy (non-hydrogen) atoms. The molecule has 0 aromatic heterocycles. The molecule has 0 spiro atoms. The maximum atomic E-state index is 11.2. The number of nitrogens with zero attached hydrogens (tertiary/aromatic N) is 1. The molecule has 81 valence electrons. The van der Waals surface area contributed by atoms with E-state index in [2.05, 4.69) is 0 Å². The molecule has 0 bridgehead atoms. The summed E-state index contributed by atoms with van der Waals surface area (Å²) in [6.45, 7) is 4.55. The summed E-state index contributed by atoms with van der Waals surface area (Å²) in [5.74, 6) is 0. The number of piperidine rings is 1. The predicted octanol–water partition coefficient (Wildman–Crippen LogP) is 2.15. The Hall–Kier alpha value is -0.770. The van der Waals surface area contributed by atoms with Crippen molar-refractivity contribution < 1.29 is 14.3 Å². The Bertz CT molecular complexity index is 194. The van der Waals surface area contributed by atoms with Crippen LogP contribution in [0.25, 0.3) is 0 Å². The number of carbonyl (C=O) groups excluding carboxylic acids is 1. The number of carbonyl (C=O) groups is 1. The lowest BCUT2D eigenvalue weighted by molar-refractivity contribution is -0.00190. The lowest BCUT2D eigenvalue weighted by Gasteiger charge is -2.29. The molecule has 4 nitrogen and oxygen atoms in total. The highest BCUT2D eigenvalue weighted by Gasteiger charge is 2.25. The quantitative estimate of drug-likeness (QED) is 0.640. The molecule has 1 fully saturated rings. The van der Waals surface area contributed by atoms with E-state index in [1.54, 1.807) is 13.8 Å². The van der Waals surface area contributed by atoms with Gasteiger partial charge in [-0.1, -0.05) is 0 Å². The molecule has 1 heterocycles. The Morgan fingerprint density at radius 2 is 2.14 bits per heavy atom. The smallest absolute Gasteiger partial charge is 0.432 e. The minimum absolute atomic E-state index is 0.128. The molecule has 1 rings (SSSR count). The first-order chi connectivity index (χ1) is 6.59. The topological polar surface area (TPSA) is 38.8 Å². The average molecular weight is 200 g/mol. The minimum Gasteiger partial charge on any atom is -0.432 e. The zero-order valence-electron chi connectivity index (χ0n) is 9.08. The van der Waals surface area contributed by atoms with E-state index in [1.807, 2.05) is 11.9 Å². The molecule has 0 amide bonds. The summed E-state index contributed by atoms with van der Waals surface area (Å²) >= 11 is 0. The van der Waals surface area contributed by atoms with E-state index >= 15 is 0 Å². The molecular weight excluding hydrogens is 182 g/mol. The van der Waals surface area contributed by atoms with E-state index in [4.69, 9.17) is 9.47 Å². The van der Waals surface area contributed by atoms with Gasteiger partial charge in [0.05, 0.1) is 6.10 Å². The molecule has 0 aromatic carbocycles. The highest BCUT2D eigenvalue weighted by Crippen LogP contribution is 2.22. The first kappa shape index (κ1) is 11.3. The monoisotopic (exact) mass is 200 g/mol. The van der Waals surface area contributed by atoms with Gasteiger partial charge in [-0.05, 0) is 33.7 Å². The van der Waals surface area contributed by atoms with Crippen molar-refractivity contribution in [2.75, 3.05) is 13.6 Å². The first-order valence-corrected chi connectivity index (χ1v) is 5.05. The molecule has 1 aliphatic heterocycles. The summed E-state index contributed by atoms with van der Waals surface area (Å²) in [4.78, 5) is 13.1. The van der Waals surface area contributed by atoms with Gasteiger partial charge >= 0.3 is 6.16 Å². The molecule has 0 N–H and O–H groups in total. The van der Waals surface area contributed by atoms with Crippen LogP contribution in [-0.2, 0) is 9.47 Å². The summed E-state index contributed by atoms with van der Waals surface area (Å²) < 4.78 is 9.99. The minimum atomic E-state index is -0.594. The van der Waals surface area contributed by atoms with Crippen LogP contribution in [0.15, 0.2) is 0 Å². The Balaban J connectivity index is 2.31. The van der Waals surface area contributed by atoms with Crippen LogP contribution >= 0.6 is 0 Å². The van der Waals surface area contributed by atoms with Gasteiger partial charge in [-0.25, -0.2) is 4.79 Å². The van der Waals surface area contributed by atoms with Gasteiger partial charge < -0.3 is 9.47 Å². The molecule has 1 aliphatic rings. The van der Waals surface area contributed by atoms with E-state index in [-0.39, 0.29) is 6.10 Å². The summed E-state index contributed by atoms with van der Waals surface area (Å²) in [5, 5.41) is 0. The van der Waals surface area contributed by atoms with Gasteiger partial charge in [0.1, 0.15) is 0 Å². The van der Waals surface area contributed by atoms with Crippen LogP contribution in [-0.4, -0.2) is 30.8 Å². The van der Waals surface area contributed by atoms with E-state index in [9.17, 15) is 4.79 Å². The van der Waals surface area contributed by atoms with Crippen LogP contribution in [0.2, 0.25) is 0 Å². The van der Waals surface area contributed by atoms with Crippen LogP contribution in [0.5, 0.6) is 0 Å². The highest BCUT2D eigenvalue weighted by atomic mass is 16.7. The van der Waals surface area contributed by atoms with Crippen LogP contribution in [0, 0.1) is 6.23 Å². The maximum Gasteiger partial charge on any atom is 0.510 e. The Morgan fingerprint density at radius 3 is 2.71 bits per heavy atom. The summed E-state index contributed by atoms with van der Waals surface area (Å²) in [7, 11) is 1.93. The van der Waals surface area contributed by atoms with Crippen LogP contribution < -0.4 is 0 Å². The van der Waals surface area contributed by atoms with E-state index in [0.29, 0.717) is 0 Å². The van der Waals surface area contributed by atoms with Crippen molar-refractivity contribution in [1.29, 1.82) is 0 Å². The van der Waals surface area contributed by atoms with Gasteiger partial charge in [0.25, 0.3) is 0 Å². The molecule has 1 saturated heterocycles. The number of rotatable bonds is 2. The zero-order valence-corrected chi connectivity index (χ0v) is 9.08. The fraction of sp³-hybridized carbons (Fsp3) is 0.800. The maximum absolute atomic E-state index is 11.2. The number of hydrogen-bond donors (Lipinski definition) is 0. The number of hydrogen-bond acceptors (Lipinski definition) is 4. The fourth-order valence-corrected chi connectivity index (χ4v) is 1.38. The highest BCUT2D eigenvalue weighted by molar-refractivity contribution is 5.61. The summed E-state index contributed by atoms with van der Waals surface area (Å²) in [5.41, 5.74) is 0. The van der Waals surface area contributed by atoms with Gasteiger partial charge in [0.2, 0.25) is 6.23 Å². The molecule has 4 heteroatoms. The third kappa shape index (κ3) is 3.54. The predicted molar refractivity (Wildman–Crippen MR) is 52.4 cm³/mol. The van der Waals surface area contributed by atoms with Gasteiger partial charge in [0.15, 0.2) is 0 Å². The Kier molecular flexibility index (Phi) is 4.20. The molecule has 0 aliphatic carbocycles. The van der Waals surface area contributed by atoms with Crippen molar-refractivity contribution in [3.63, 3.8) is 0 Å². The Morgan fingerprint density at radius 1 is 1.43 bits per heavy atom. The van der Waals surface area contributed by atoms with Crippen LogP contribution in [0.1, 0.15) is 33.1 Å². The molecular formula is C10H18NO3. The van der Waals surface area contributed by atoms with Gasteiger partial charge in [-0.3, -0.25) is 4.90 Å². The second-order valence-electron chi connectivity index (χ2n) is 3.79. The molecule has 0 atom stereocenters. The second kappa shape index (κ2) is 5.20. The normalized spacial score (nSPS) is 19.7. The van der Waals surface area contributed by atoms with Crippen molar-refractivity contribution >= 4 is 6.16 Å². The second-order valence-corrected chi connectivity index (χ2v) is 3.79. The fourth-order valence-electron chi connectivity index (χ4n) is 1.38. The van der Waals surface area contributed by atoms with E-state index in [0.717, 1.165) is 32.0 Å². The first-order valence-electron chi connectivity index (χ1n) is 5.05. The van der Waals surface area contributed by atoms with Gasteiger partial charge in [-0.15, -0.1) is 0 Å². The van der Waals surface area contributed by atoms with Crippen molar-refractivity contribution in [3.8, 4) is 0 Å². The largest absolute Gasteiger partial charge is 0.510 e. The third-order valence-corrected chi connectivity index (χ3v) is 2.09. The van der Waals surface area contributed by atoms with Crippen molar-refractivity contribution in [3.05, 3.63) is 6.23 Å². The molecule has 0 aromatic rings. The summed E-state index contributed by atoms with van der Waals surface area (Å²) in [6.07, 6.45) is 3.06. The van der Waals surface area contributed by atoms with Crippen molar-refractivity contribution in [2.24, 2.45) is 0 Å². The van der Waals surface area contributed by atoms with Gasteiger partial charge in [-0.2, -0.15) is 0 Å². The standard InChI is InChI=1S/C10H18NO3/c1-8(2)13-10(12)14-9-6-4-5-7-11(9)3/h8H,4-7H2,1-3H3. The lowest BCUT2D eigenvalue weighted by atomic mass is 10.1. The number of ether oxygens (including phenoxy) is 2. The van der Waals surface area contributed by atoms with E-state index < -0.39 is 6.16 Å². The SMILES string of the molecule is CC(C)OC(=O)O[C]1CCCCN1C. The van der Waals surface area contributed by atoms with Crippen molar-refractivity contribution in [1.82, 2.24) is 4.90 Å². The van der Waals surface area contributed by atoms with E-state index in [1.165, 1.54) is 0 Å². The lowest BCUT2D eigenvalue weighted by Crippen LogP contribution is -2.33. The molecule has 1 radical (unpaired) electrons. The Labute approximate surface area is 85.2 Å². The average Bonchev–Trinajstić information content (AvgIpc) is 2.07. The third-order valence-electron chi connectivity index (χ3n) is 2.09. The zero-order chi connectivity index (χ0) is 10.6. The van der Waals surface area contributed by atoms with Gasteiger partial charge in [0, 0.05) is 13.0 Å².